The van der Waals surface area contributed by atoms with Gasteiger partial charge >= 0.3 is 11.9 Å². The van der Waals surface area contributed by atoms with E-state index >= 15 is 0 Å². The molecule has 1 aromatic rings. The minimum Gasteiger partial charge on any atom is -0.474 e. The molecule has 3 aliphatic heterocycles. The summed E-state index contributed by atoms with van der Waals surface area (Å²) in [6.45, 7) is 11.6. The van der Waals surface area contributed by atoms with Crippen LogP contribution in [0.3, 0.4) is 0 Å². The summed E-state index contributed by atoms with van der Waals surface area (Å²) in [6.07, 6.45) is 7.68. The maximum atomic E-state index is 12.1. The Morgan fingerprint density at radius 1 is 1.06 bits per heavy atom. The van der Waals surface area contributed by atoms with Crippen molar-refractivity contribution in [3.05, 3.63) is 17.8 Å². The molecule has 8 heteroatoms. The minimum atomic E-state index is -0.632. The van der Waals surface area contributed by atoms with Gasteiger partial charge in [0.15, 0.2) is 0 Å². The first kappa shape index (κ1) is 22.8. The zero-order valence-corrected chi connectivity index (χ0v) is 19.5. The zero-order valence-electron chi connectivity index (χ0n) is 19.5. The van der Waals surface area contributed by atoms with E-state index in [9.17, 15) is 9.59 Å². The molecule has 0 amide bonds. The van der Waals surface area contributed by atoms with E-state index in [1.54, 1.807) is 4.68 Å². The Morgan fingerprint density at radius 3 is 2.56 bits per heavy atom. The summed E-state index contributed by atoms with van der Waals surface area (Å²) in [5.74, 6) is 0.209. The summed E-state index contributed by atoms with van der Waals surface area (Å²) < 4.78 is 18.7. The average Bonchev–Trinajstić information content (AvgIpc) is 3.11. The van der Waals surface area contributed by atoms with Crippen LogP contribution >= 0.6 is 0 Å². The number of unbranched alkanes of at least 4 members (excludes halogenated alkanes) is 1. The van der Waals surface area contributed by atoms with E-state index in [0.717, 1.165) is 43.9 Å². The Bertz CT molecular complexity index is 862. The number of nitrogens with zero attached hydrogens (tertiary/aromatic N) is 3. The maximum absolute atomic E-state index is 12.1. The highest BCUT2D eigenvalue weighted by Crippen LogP contribution is 2.41. The molecule has 8 nitrogen and oxygen atoms in total. The molecular weight excluding hydrogens is 410 g/mol. The predicted molar refractivity (Wildman–Crippen MR) is 118 cm³/mol. The quantitative estimate of drug-likeness (QED) is 0.488. The molecule has 176 valence electrons. The third-order valence-corrected chi connectivity index (χ3v) is 6.79. The van der Waals surface area contributed by atoms with Gasteiger partial charge in [-0.05, 0) is 69.5 Å². The van der Waals surface area contributed by atoms with Crippen molar-refractivity contribution in [1.29, 1.82) is 0 Å². The number of carbonyl (C=O) groups excluding carboxylic acids is 2. The first-order valence-electron chi connectivity index (χ1n) is 11.9. The standard InChI is InChI=1S/C24H35N3O5/c1-24(2,3)17-10-14-26(15-11-17)12-4-5-16-30-23-22-21-18(7-6-13-27(21)25-23)31-19(28)8-9-20(29)32-22/h8-9,17-18H,4-7,10-16H2,1-3H3/b9-8-. The first-order valence-corrected chi connectivity index (χ1v) is 11.9. The molecule has 1 saturated heterocycles. The number of aryl methyl sites for hydroxylation is 1. The van der Waals surface area contributed by atoms with Gasteiger partial charge in [0.25, 0.3) is 5.88 Å². The second kappa shape index (κ2) is 9.65. The highest BCUT2D eigenvalue weighted by atomic mass is 16.6. The number of hydrogen-bond acceptors (Lipinski definition) is 7. The van der Waals surface area contributed by atoms with Gasteiger partial charge in [-0.3, -0.25) is 4.68 Å². The number of rotatable bonds is 6. The number of hydrogen-bond donors (Lipinski definition) is 0. The van der Waals surface area contributed by atoms with Crippen LogP contribution in [0.4, 0.5) is 0 Å². The van der Waals surface area contributed by atoms with Crippen LogP contribution in [0.2, 0.25) is 0 Å². The molecule has 0 bridgehead atoms. The molecule has 1 unspecified atom stereocenters. The summed E-state index contributed by atoms with van der Waals surface area (Å²) >= 11 is 0. The highest BCUT2D eigenvalue weighted by molar-refractivity contribution is 5.93. The van der Waals surface area contributed by atoms with Gasteiger partial charge < -0.3 is 19.1 Å². The van der Waals surface area contributed by atoms with Crippen LogP contribution in [0.5, 0.6) is 11.6 Å². The van der Waals surface area contributed by atoms with E-state index in [4.69, 9.17) is 14.2 Å². The van der Waals surface area contributed by atoms with Crippen molar-refractivity contribution in [2.24, 2.45) is 11.3 Å². The summed E-state index contributed by atoms with van der Waals surface area (Å²) in [4.78, 5) is 26.6. The molecule has 4 rings (SSSR count). The molecule has 1 atom stereocenters. The second-order valence-corrected chi connectivity index (χ2v) is 10.1. The average molecular weight is 446 g/mol. The third kappa shape index (κ3) is 5.34. The summed E-state index contributed by atoms with van der Waals surface area (Å²) in [5, 5.41) is 4.50. The van der Waals surface area contributed by atoms with Crippen molar-refractivity contribution < 1.29 is 23.8 Å². The molecule has 0 aromatic carbocycles. The van der Waals surface area contributed by atoms with Crippen LogP contribution in [-0.2, 0) is 20.9 Å². The molecule has 0 radical (unpaired) electrons. The van der Waals surface area contributed by atoms with Gasteiger partial charge in [-0.25, -0.2) is 9.59 Å². The molecule has 1 fully saturated rings. The Kier molecular flexibility index (Phi) is 6.88. The SMILES string of the molecule is CC(C)(C)C1CCN(CCCCOc2nn3c4c2OC(=O)/C=C\C(=O)OC4CCC3)CC1. The molecule has 4 heterocycles. The number of carbonyl (C=O) groups is 2. The van der Waals surface area contributed by atoms with Crippen molar-refractivity contribution in [3.8, 4) is 11.6 Å². The van der Waals surface area contributed by atoms with Crippen molar-refractivity contribution >= 4 is 11.9 Å². The topological polar surface area (TPSA) is 82.9 Å². The van der Waals surface area contributed by atoms with Crippen LogP contribution in [0, 0.1) is 11.3 Å². The highest BCUT2D eigenvalue weighted by Gasteiger charge is 2.34. The molecule has 1 aromatic heterocycles. The first-order chi connectivity index (χ1) is 15.3. The van der Waals surface area contributed by atoms with Crippen LogP contribution in [0.15, 0.2) is 12.2 Å². The number of likely N-dealkylation sites (tertiary alicyclic amines) is 1. The molecule has 0 N–H and O–H groups in total. The van der Waals surface area contributed by atoms with Gasteiger partial charge in [0.2, 0.25) is 5.75 Å². The Balaban J connectivity index is 1.30. The number of esters is 2. The lowest BCUT2D eigenvalue weighted by Crippen LogP contribution is -2.38. The second-order valence-electron chi connectivity index (χ2n) is 10.1. The predicted octanol–water partition coefficient (Wildman–Crippen LogP) is 3.65. The van der Waals surface area contributed by atoms with E-state index in [0.29, 0.717) is 36.6 Å². The lowest BCUT2D eigenvalue weighted by Gasteiger charge is -2.38. The fourth-order valence-corrected chi connectivity index (χ4v) is 4.87. The number of piperidine rings is 1. The van der Waals surface area contributed by atoms with Gasteiger partial charge in [-0.1, -0.05) is 20.8 Å². The van der Waals surface area contributed by atoms with Crippen LogP contribution < -0.4 is 9.47 Å². The largest absolute Gasteiger partial charge is 0.474 e. The summed E-state index contributed by atoms with van der Waals surface area (Å²) in [7, 11) is 0. The van der Waals surface area contributed by atoms with Gasteiger partial charge in [0, 0.05) is 18.7 Å². The number of aromatic nitrogens is 2. The zero-order chi connectivity index (χ0) is 22.7. The van der Waals surface area contributed by atoms with Crippen LogP contribution in [0.1, 0.15) is 71.1 Å². The van der Waals surface area contributed by atoms with Crippen molar-refractivity contribution in [3.63, 3.8) is 0 Å². The van der Waals surface area contributed by atoms with E-state index in [2.05, 4.69) is 30.8 Å². The van der Waals surface area contributed by atoms with Gasteiger partial charge in [-0.15, -0.1) is 5.10 Å². The van der Waals surface area contributed by atoms with Crippen LogP contribution in [0.25, 0.3) is 0 Å². The van der Waals surface area contributed by atoms with Crippen LogP contribution in [-0.4, -0.2) is 52.9 Å². The van der Waals surface area contributed by atoms with Crippen molar-refractivity contribution in [2.75, 3.05) is 26.2 Å². The molecule has 0 saturated carbocycles. The summed E-state index contributed by atoms with van der Waals surface area (Å²) in [5.41, 5.74) is 1.01. The van der Waals surface area contributed by atoms with E-state index in [1.165, 1.54) is 25.9 Å². The molecule has 0 aliphatic carbocycles. The Morgan fingerprint density at radius 2 is 1.81 bits per heavy atom. The minimum absolute atomic E-state index is 0.281. The fraction of sp³-hybridized carbons (Fsp3) is 0.708. The molecule has 32 heavy (non-hydrogen) atoms. The van der Waals surface area contributed by atoms with Crippen molar-refractivity contribution in [2.45, 2.75) is 71.9 Å². The lowest BCUT2D eigenvalue weighted by atomic mass is 9.75. The lowest BCUT2D eigenvalue weighted by molar-refractivity contribution is -0.144. The van der Waals surface area contributed by atoms with E-state index in [1.807, 2.05) is 0 Å². The smallest absolute Gasteiger partial charge is 0.336 e. The Labute approximate surface area is 189 Å². The van der Waals surface area contributed by atoms with Gasteiger partial charge in [0.1, 0.15) is 11.8 Å². The van der Waals surface area contributed by atoms with E-state index in [-0.39, 0.29) is 5.75 Å². The normalized spacial score (nSPS) is 23.4. The molecule has 0 spiro atoms. The van der Waals surface area contributed by atoms with Gasteiger partial charge in [0.05, 0.1) is 6.61 Å². The third-order valence-electron chi connectivity index (χ3n) is 6.79. The molecule has 3 aliphatic rings. The summed E-state index contributed by atoms with van der Waals surface area (Å²) in [6, 6.07) is 0. The van der Waals surface area contributed by atoms with E-state index < -0.39 is 18.0 Å². The number of ether oxygens (including phenoxy) is 3. The Hall–Kier alpha value is -2.35. The molecular formula is C24H35N3O5. The fourth-order valence-electron chi connectivity index (χ4n) is 4.87. The van der Waals surface area contributed by atoms with Gasteiger partial charge in [-0.2, -0.15) is 0 Å². The maximum Gasteiger partial charge on any atom is 0.336 e. The van der Waals surface area contributed by atoms with Crippen molar-refractivity contribution in [1.82, 2.24) is 14.7 Å². The monoisotopic (exact) mass is 445 g/mol.